The molecule has 0 radical (unpaired) electrons. The Morgan fingerprint density at radius 2 is 1.97 bits per heavy atom. The second kappa shape index (κ2) is 8.12. The van der Waals surface area contributed by atoms with Gasteiger partial charge in [0.25, 0.3) is 5.91 Å². The highest BCUT2D eigenvalue weighted by Gasteiger charge is 2.29. The highest BCUT2D eigenvalue weighted by molar-refractivity contribution is 7.92. The van der Waals surface area contributed by atoms with E-state index in [2.05, 4.69) is 10.6 Å². The van der Waals surface area contributed by atoms with Gasteiger partial charge >= 0.3 is 0 Å². The topological polar surface area (TPSA) is 111 Å². The summed E-state index contributed by atoms with van der Waals surface area (Å²) in [5, 5.41) is 4.38. The lowest BCUT2D eigenvalue weighted by Crippen LogP contribution is -2.27. The molecule has 0 aliphatic carbocycles. The fourth-order valence-corrected chi connectivity index (χ4v) is 4.58. The number of nitrogens with one attached hydrogen (secondary N) is 2. The predicted molar refractivity (Wildman–Crippen MR) is 108 cm³/mol. The Morgan fingerprint density at radius 1 is 1.28 bits per heavy atom. The number of ether oxygens (including phenoxy) is 2. The molecule has 154 valence electrons. The summed E-state index contributed by atoms with van der Waals surface area (Å²) < 4.78 is 36.5. The molecular weight excluding hydrogens is 396 g/mol. The van der Waals surface area contributed by atoms with Gasteiger partial charge < -0.3 is 20.1 Å². The average molecular weight is 418 g/mol. The van der Waals surface area contributed by atoms with Gasteiger partial charge in [-0.05, 0) is 49.7 Å². The van der Waals surface area contributed by atoms with Crippen molar-refractivity contribution in [3.63, 3.8) is 0 Å². The van der Waals surface area contributed by atoms with Gasteiger partial charge in [-0.1, -0.05) is 0 Å². The first-order valence-corrected chi connectivity index (χ1v) is 10.5. The number of aryl methyl sites for hydroxylation is 1. The highest BCUT2D eigenvalue weighted by Crippen LogP contribution is 2.34. The third-order valence-corrected chi connectivity index (χ3v) is 6.87. The number of methoxy groups -OCH3 is 1. The maximum Gasteiger partial charge on any atom is 0.262 e. The van der Waals surface area contributed by atoms with Gasteiger partial charge in [0.1, 0.15) is 11.5 Å². The lowest BCUT2D eigenvalue weighted by Gasteiger charge is -2.21. The Hall–Kier alpha value is -3.07. The van der Waals surface area contributed by atoms with Crippen LogP contribution in [0, 0.1) is 6.92 Å². The highest BCUT2D eigenvalue weighted by atomic mass is 32.2. The number of carbonyl (C=O) groups excluding carboxylic acids is 2. The average Bonchev–Trinajstić information content (AvgIpc) is 2.67. The van der Waals surface area contributed by atoms with Crippen LogP contribution in [0.4, 0.5) is 11.4 Å². The lowest BCUT2D eigenvalue weighted by atomic mass is 10.2. The molecule has 8 nitrogen and oxygen atoms in total. The molecular formula is C20H22N2O6S. The summed E-state index contributed by atoms with van der Waals surface area (Å²) in [6.07, 6.45) is -0.206. The van der Waals surface area contributed by atoms with Crippen molar-refractivity contribution in [1.82, 2.24) is 0 Å². The minimum Gasteiger partial charge on any atom is -0.497 e. The molecule has 1 atom stereocenters. The summed E-state index contributed by atoms with van der Waals surface area (Å²) in [5.41, 5.74) is 1.45. The third-order valence-electron chi connectivity index (χ3n) is 4.59. The van der Waals surface area contributed by atoms with E-state index in [1.165, 1.54) is 13.0 Å². The number of carbonyl (C=O) groups is 2. The molecule has 3 rings (SSSR count). The van der Waals surface area contributed by atoms with Gasteiger partial charge in [-0.2, -0.15) is 0 Å². The van der Waals surface area contributed by atoms with E-state index in [0.29, 0.717) is 28.4 Å². The molecule has 29 heavy (non-hydrogen) atoms. The van der Waals surface area contributed by atoms with Crippen molar-refractivity contribution in [3.05, 3.63) is 42.0 Å². The van der Waals surface area contributed by atoms with Gasteiger partial charge in [0.15, 0.2) is 16.4 Å². The first-order valence-electron chi connectivity index (χ1n) is 8.96. The maximum absolute atomic E-state index is 13.0. The van der Waals surface area contributed by atoms with Crippen molar-refractivity contribution in [3.8, 4) is 11.5 Å². The maximum atomic E-state index is 13.0. The smallest absolute Gasteiger partial charge is 0.262 e. The van der Waals surface area contributed by atoms with E-state index in [0.717, 1.165) is 0 Å². The molecule has 9 heteroatoms. The molecule has 0 spiro atoms. The summed E-state index contributed by atoms with van der Waals surface area (Å²) in [6, 6.07) is 9.71. The Labute approximate surface area is 169 Å². The Kier molecular flexibility index (Phi) is 5.78. The minimum atomic E-state index is -3.79. The van der Waals surface area contributed by atoms with Gasteiger partial charge in [0, 0.05) is 18.2 Å². The van der Waals surface area contributed by atoms with Gasteiger partial charge in [-0.25, -0.2) is 8.42 Å². The van der Waals surface area contributed by atoms with E-state index in [4.69, 9.17) is 9.47 Å². The van der Waals surface area contributed by atoms with E-state index in [-0.39, 0.29) is 23.8 Å². The van der Waals surface area contributed by atoms with Crippen molar-refractivity contribution >= 4 is 33.0 Å². The molecule has 0 saturated heterocycles. The van der Waals surface area contributed by atoms with Crippen molar-refractivity contribution < 1.29 is 27.5 Å². The minimum absolute atomic E-state index is 0.0807. The van der Waals surface area contributed by atoms with E-state index < -0.39 is 21.0 Å². The number of rotatable bonds is 6. The number of fused-ring (bicyclic) bond motifs is 1. The zero-order chi connectivity index (χ0) is 21.2. The fraction of sp³-hybridized carbons (Fsp3) is 0.300. The number of benzene rings is 2. The summed E-state index contributed by atoms with van der Waals surface area (Å²) in [5.74, 6) is 0.241. The predicted octanol–water partition coefficient (Wildman–Crippen LogP) is 2.53. The van der Waals surface area contributed by atoms with Crippen LogP contribution < -0.4 is 20.1 Å². The standard InChI is InChI=1S/C20H22N2O6S/c1-12-8-16-17(28-11-20(24)22-16)10-18(12)29(25,26)13(2)9-19(23)21-14-4-6-15(27-3)7-5-14/h4-8,10,13H,9,11H2,1-3H3,(H,21,23)(H,22,24). The van der Waals surface area contributed by atoms with E-state index in [1.54, 1.807) is 44.4 Å². The molecule has 1 aliphatic rings. The summed E-state index contributed by atoms with van der Waals surface area (Å²) in [4.78, 5) is 23.8. The summed E-state index contributed by atoms with van der Waals surface area (Å²) in [7, 11) is -2.24. The number of amides is 2. The Bertz CT molecular complexity index is 1050. The molecule has 2 N–H and O–H groups in total. The molecule has 0 saturated carbocycles. The molecule has 0 aromatic heterocycles. The Balaban J connectivity index is 1.74. The first kappa shape index (κ1) is 20.7. The van der Waals surface area contributed by atoms with Crippen LogP contribution in [0.5, 0.6) is 11.5 Å². The van der Waals surface area contributed by atoms with E-state index in [9.17, 15) is 18.0 Å². The Morgan fingerprint density at radius 3 is 2.62 bits per heavy atom. The van der Waals surface area contributed by atoms with Crippen molar-refractivity contribution in [1.29, 1.82) is 0 Å². The molecule has 1 heterocycles. The normalized spacial score (nSPS) is 14.2. The van der Waals surface area contributed by atoms with Crippen molar-refractivity contribution in [2.75, 3.05) is 24.4 Å². The first-order chi connectivity index (χ1) is 13.7. The van der Waals surface area contributed by atoms with Crippen LogP contribution in [0.3, 0.4) is 0 Å². The molecule has 2 aromatic rings. The quantitative estimate of drug-likeness (QED) is 0.746. The van der Waals surface area contributed by atoms with Crippen LogP contribution in [0.2, 0.25) is 0 Å². The second-order valence-corrected chi connectivity index (χ2v) is 9.12. The zero-order valence-corrected chi connectivity index (χ0v) is 17.1. The van der Waals surface area contributed by atoms with E-state index in [1.807, 2.05) is 0 Å². The van der Waals surface area contributed by atoms with Crippen LogP contribution in [0.25, 0.3) is 0 Å². The molecule has 1 aliphatic heterocycles. The van der Waals surface area contributed by atoms with Crippen molar-refractivity contribution in [2.24, 2.45) is 0 Å². The summed E-state index contributed by atoms with van der Waals surface area (Å²) in [6.45, 7) is 2.96. The summed E-state index contributed by atoms with van der Waals surface area (Å²) >= 11 is 0. The van der Waals surface area contributed by atoms with Crippen LogP contribution in [0.1, 0.15) is 18.9 Å². The van der Waals surface area contributed by atoms with Gasteiger partial charge in [-0.3, -0.25) is 9.59 Å². The number of hydrogen-bond donors (Lipinski definition) is 2. The number of hydrogen-bond acceptors (Lipinski definition) is 6. The molecule has 2 amide bonds. The molecule has 0 fully saturated rings. The molecule has 2 aromatic carbocycles. The van der Waals surface area contributed by atoms with Gasteiger partial charge in [0.05, 0.1) is 22.9 Å². The lowest BCUT2D eigenvalue weighted by molar-refractivity contribution is -0.118. The zero-order valence-electron chi connectivity index (χ0n) is 16.3. The van der Waals surface area contributed by atoms with Gasteiger partial charge in [-0.15, -0.1) is 0 Å². The molecule has 0 bridgehead atoms. The molecule has 1 unspecified atom stereocenters. The second-order valence-electron chi connectivity index (χ2n) is 6.79. The van der Waals surface area contributed by atoms with Crippen LogP contribution in [0.15, 0.2) is 41.3 Å². The van der Waals surface area contributed by atoms with Crippen LogP contribution in [-0.2, 0) is 19.4 Å². The number of sulfone groups is 1. The fourth-order valence-electron chi connectivity index (χ4n) is 3.00. The largest absolute Gasteiger partial charge is 0.497 e. The van der Waals surface area contributed by atoms with Crippen molar-refractivity contribution in [2.45, 2.75) is 30.4 Å². The SMILES string of the molecule is COc1ccc(NC(=O)CC(C)S(=O)(=O)c2cc3c(cc2C)NC(=O)CO3)cc1. The van der Waals surface area contributed by atoms with Crippen LogP contribution >= 0.6 is 0 Å². The monoisotopic (exact) mass is 418 g/mol. The third kappa shape index (κ3) is 4.51. The van der Waals surface area contributed by atoms with Gasteiger partial charge in [0.2, 0.25) is 5.91 Å². The van der Waals surface area contributed by atoms with Crippen LogP contribution in [-0.4, -0.2) is 39.2 Å². The number of anilines is 2. The van der Waals surface area contributed by atoms with E-state index >= 15 is 0 Å².